The molecule has 0 aliphatic rings. The summed E-state index contributed by atoms with van der Waals surface area (Å²) in [4.78, 5) is 4.02. The van der Waals surface area contributed by atoms with Gasteiger partial charge in [0, 0.05) is 12.4 Å². The fourth-order valence-electron chi connectivity index (χ4n) is 1.15. The summed E-state index contributed by atoms with van der Waals surface area (Å²) in [5.74, 6) is 0. The van der Waals surface area contributed by atoms with Crippen LogP contribution in [0.2, 0.25) is 0 Å². The first-order valence-corrected chi connectivity index (χ1v) is 4.36. The van der Waals surface area contributed by atoms with Gasteiger partial charge in [-0.3, -0.25) is 4.98 Å². The number of aliphatic hydroxyl groups is 1. The zero-order valence-corrected chi connectivity index (χ0v) is 7.40. The predicted octanol–water partition coefficient (Wildman–Crippen LogP) is 1.79. The van der Waals surface area contributed by atoms with Gasteiger partial charge >= 0.3 is 0 Å². The van der Waals surface area contributed by atoms with Crippen molar-refractivity contribution in [1.82, 2.24) is 4.98 Å². The van der Waals surface area contributed by atoms with Gasteiger partial charge in [0.2, 0.25) is 0 Å². The Morgan fingerprint density at radius 3 is 3.00 bits per heavy atom. The van der Waals surface area contributed by atoms with Crippen LogP contribution in [0.15, 0.2) is 24.5 Å². The molecule has 1 aromatic heterocycles. The van der Waals surface area contributed by atoms with E-state index in [9.17, 15) is 0 Å². The fraction of sp³-hybridized carbons (Fsp3) is 0.500. The maximum atomic E-state index is 9.01. The second-order valence-electron chi connectivity index (χ2n) is 3.10. The van der Waals surface area contributed by atoms with E-state index in [0.29, 0.717) is 0 Å². The van der Waals surface area contributed by atoms with Crippen molar-refractivity contribution in [3.63, 3.8) is 0 Å². The minimum absolute atomic E-state index is 0.179. The molecule has 0 amide bonds. The Kier molecular flexibility index (Phi) is 3.74. The number of aryl methyl sites for hydroxylation is 1. The molecule has 0 unspecified atom stereocenters. The van der Waals surface area contributed by atoms with Crippen LogP contribution in [0.5, 0.6) is 0 Å². The van der Waals surface area contributed by atoms with Gasteiger partial charge in [0.15, 0.2) is 0 Å². The fourth-order valence-corrected chi connectivity index (χ4v) is 1.15. The van der Waals surface area contributed by atoms with Gasteiger partial charge in [0.05, 0.1) is 6.10 Å². The van der Waals surface area contributed by atoms with Crippen LogP contribution >= 0.6 is 0 Å². The Morgan fingerprint density at radius 2 is 2.42 bits per heavy atom. The van der Waals surface area contributed by atoms with Crippen LogP contribution < -0.4 is 0 Å². The van der Waals surface area contributed by atoms with E-state index in [-0.39, 0.29) is 6.10 Å². The van der Waals surface area contributed by atoms with Crippen molar-refractivity contribution in [1.29, 1.82) is 0 Å². The molecular weight excluding hydrogens is 150 g/mol. The molecule has 0 aliphatic carbocycles. The quantitative estimate of drug-likeness (QED) is 0.737. The van der Waals surface area contributed by atoms with Gasteiger partial charge in [-0.15, -0.1) is 0 Å². The third-order valence-electron chi connectivity index (χ3n) is 1.81. The van der Waals surface area contributed by atoms with Gasteiger partial charge < -0.3 is 5.11 Å². The summed E-state index contributed by atoms with van der Waals surface area (Å²) in [5.41, 5.74) is 1.25. The number of aromatic nitrogens is 1. The maximum Gasteiger partial charge on any atom is 0.0512 e. The van der Waals surface area contributed by atoms with E-state index in [4.69, 9.17) is 5.11 Å². The van der Waals surface area contributed by atoms with Crippen LogP contribution in [0, 0.1) is 0 Å². The number of pyridine rings is 1. The first-order chi connectivity index (χ1) is 5.79. The molecule has 1 aromatic rings. The van der Waals surface area contributed by atoms with E-state index < -0.39 is 0 Å². The molecule has 0 aromatic carbocycles. The molecule has 0 saturated heterocycles. The van der Waals surface area contributed by atoms with Gasteiger partial charge in [-0.05, 0) is 37.8 Å². The van der Waals surface area contributed by atoms with Crippen molar-refractivity contribution in [3.05, 3.63) is 30.1 Å². The van der Waals surface area contributed by atoms with Crippen LogP contribution in [-0.4, -0.2) is 16.2 Å². The van der Waals surface area contributed by atoms with E-state index in [0.717, 1.165) is 19.3 Å². The van der Waals surface area contributed by atoms with E-state index >= 15 is 0 Å². The van der Waals surface area contributed by atoms with Crippen molar-refractivity contribution in [2.24, 2.45) is 0 Å². The van der Waals surface area contributed by atoms with Crippen molar-refractivity contribution in [2.75, 3.05) is 0 Å². The largest absolute Gasteiger partial charge is 0.393 e. The smallest absolute Gasteiger partial charge is 0.0512 e. The van der Waals surface area contributed by atoms with Crippen molar-refractivity contribution < 1.29 is 5.11 Å². The molecule has 0 saturated carbocycles. The third kappa shape index (κ3) is 3.49. The Labute approximate surface area is 73.3 Å². The number of nitrogens with zero attached hydrogens (tertiary/aromatic N) is 1. The summed E-state index contributed by atoms with van der Waals surface area (Å²) in [7, 11) is 0. The molecule has 2 heteroatoms. The summed E-state index contributed by atoms with van der Waals surface area (Å²) in [6.07, 6.45) is 6.39. The minimum atomic E-state index is -0.179. The molecule has 12 heavy (non-hydrogen) atoms. The molecule has 0 aliphatic heterocycles. The highest BCUT2D eigenvalue weighted by atomic mass is 16.3. The van der Waals surface area contributed by atoms with E-state index in [2.05, 4.69) is 11.1 Å². The molecule has 0 fully saturated rings. The highest BCUT2D eigenvalue weighted by Crippen LogP contribution is 2.04. The van der Waals surface area contributed by atoms with Gasteiger partial charge in [0.1, 0.15) is 0 Å². The Morgan fingerprint density at radius 1 is 1.58 bits per heavy atom. The standard InChI is InChI=1S/C10H15NO/c1-9(12)4-2-5-10-6-3-7-11-8-10/h3,6-9,12H,2,4-5H2,1H3/t9-/m1/s1. The summed E-state index contributed by atoms with van der Waals surface area (Å²) in [6, 6.07) is 4.01. The van der Waals surface area contributed by atoms with Crippen molar-refractivity contribution in [3.8, 4) is 0 Å². The molecule has 1 rings (SSSR count). The first-order valence-electron chi connectivity index (χ1n) is 4.36. The lowest BCUT2D eigenvalue weighted by Gasteiger charge is -2.02. The van der Waals surface area contributed by atoms with Gasteiger partial charge in [0.25, 0.3) is 0 Å². The van der Waals surface area contributed by atoms with E-state index in [1.807, 2.05) is 19.2 Å². The predicted molar refractivity (Wildman–Crippen MR) is 48.9 cm³/mol. The first kappa shape index (κ1) is 9.20. The van der Waals surface area contributed by atoms with Gasteiger partial charge in [-0.1, -0.05) is 6.07 Å². The van der Waals surface area contributed by atoms with Crippen LogP contribution in [0.25, 0.3) is 0 Å². The summed E-state index contributed by atoms with van der Waals surface area (Å²) < 4.78 is 0. The molecule has 1 atom stereocenters. The lowest BCUT2D eigenvalue weighted by molar-refractivity contribution is 0.181. The monoisotopic (exact) mass is 165 g/mol. The molecule has 66 valence electrons. The Balaban J connectivity index is 2.25. The maximum absolute atomic E-state index is 9.01. The number of rotatable bonds is 4. The highest BCUT2D eigenvalue weighted by molar-refractivity contribution is 5.08. The van der Waals surface area contributed by atoms with Crippen molar-refractivity contribution >= 4 is 0 Å². The third-order valence-corrected chi connectivity index (χ3v) is 1.81. The van der Waals surface area contributed by atoms with E-state index in [1.54, 1.807) is 6.20 Å². The number of aliphatic hydroxyl groups excluding tert-OH is 1. The molecule has 0 spiro atoms. The zero-order valence-electron chi connectivity index (χ0n) is 7.40. The molecule has 1 heterocycles. The molecule has 2 nitrogen and oxygen atoms in total. The van der Waals surface area contributed by atoms with E-state index in [1.165, 1.54) is 5.56 Å². The SMILES string of the molecule is C[C@@H](O)CCCc1cccnc1. The van der Waals surface area contributed by atoms with Crippen LogP contribution in [0.3, 0.4) is 0 Å². The normalized spacial score (nSPS) is 12.8. The molecule has 0 bridgehead atoms. The average Bonchev–Trinajstić information content (AvgIpc) is 2.05. The lowest BCUT2D eigenvalue weighted by Crippen LogP contribution is -1.99. The second kappa shape index (κ2) is 4.88. The average molecular weight is 165 g/mol. The zero-order chi connectivity index (χ0) is 8.81. The van der Waals surface area contributed by atoms with Gasteiger partial charge in [-0.25, -0.2) is 0 Å². The van der Waals surface area contributed by atoms with Crippen LogP contribution in [0.1, 0.15) is 25.3 Å². The van der Waals surface area contributed by atoms with Crippen LogP contribution in [-0.2, 0) is 6.42 Å². The molecular formula is C10H15NO. The summed E-state index contributed by atoms with van der Waals surface area (Å²) in [6.45, 7) is 1.82. The van der Waals surface area contributed by atoms with Crippen LogP contribution in [0.4, 0.5) is 0 Å². The second-order valence-corrected chi connectivity index (χ2v) is 3.10. The highest BCUT2D eigenvalue weighted by Gasteiger charge is 1.96. The Bertz CT molecular complexity index is 208. The summed E-state index contributed by atoms with van der Waals surface area (Å²) >= 11 is 0. The molecule has 1 N–H and O–H groups in total. The topological polar surface area (TPSA) is 33.1 Å². The minimum Gasteiger partial charge on any atom is -0.393 e. The van der Waals surface area contributed by atoms with Gasteiger partial charge in [-0.2, -0.15) is 0 Å². The number of hydrogen-bond donors (Lipinski definition) is 1. The molecule has 0 radical (unpaired) electrons. The Hall–Kier alpha value is -0.890. The summed E-state index contributed by atoms with van der Waals surface area (Å²) in [5, 5.41) is 9.01. The number of hydrogen-bond acceptors (Lipinski definition) is 2. The lowest BCUT2D eigenvalue weighted by atomic mass is 10.1. The van der Waals surface area contributed by atoms with Crippen molar-refractivity contribution in [2.45, 2.75) is 32.3 Å².